The molecule has 1 N–H and O–H groups in total. The van der Waals surface area contributed by atoms with E-state index in [-0.39, 0.29) is 12.1 Å². The summed E-state index contributed by atoms with van der Waals surface area (Å²) in [5.41, 5.74) is 1.15. The number of hydrogen-bond acceptors (Lipinski definition) is 4. The summed E-state index contributed by atoms with van der Waals surface area (Å²) in [6.45, 7) is 1.46. The Bertz CT molecular complexity index is 733. The number of carbonyl (C=O) groups is 1. The second kappa shape index (κ2) is 8.47. The van der Waals surface area contributed by atoms with E-state index in [0.29, 0.717) is 19.7 Å². The van der Waals surface area contributed by atoms with Gasteiger partial charge in [0.25, 0.3) is 0 Å². The molecule has 2 aromatic carbocycles. The van der Waals surface area contributed by atoms with E-state index in [0.717, 1.165) is 29.2 Å². The van der Waals surface area contributed by atoms with Gasteiger partial charge in [0.1, 0.15) is 12.4 Å². The maximum Gasteiger partial charge on any atom is 0.317 e. The quantitative estimate of drug-likeness (QED) is 0.865. The first kappa shape index (κ1) is 17.9. The summed E-state index contributed by atoms with van der Waals surface area (Å²) < 4.78 is 16.7. The van der Waals surface area contributed by atoms with Crippen LogP contribution in [0.5, 0.6) is 17.2 Å². The van der Waals surface area contributed by atoms with Crippen molar-refractivity contribution in [1.82, 2.24) is 10.2 Å². The number of ether oxygens (including phenoxy) is 3. The molecule has 6 heteroatoms. The third-order valence-corrected chi connectivity index (χ3v) is 4.24. The summed E-state index contributed by atoms with van der Waals surface area (Å²) in [5, 5.41) is 2.93. The molecule has 0 aromatic heterocycles. The molecule has 1 heterocycles. The number of likely N-dealkylation sites (N-methyl/N-ethyl adjacent to an activating group) is 1. The van der Waals surface area contributed by atoms with Crippen LogP contribution in [0.15, 0.2) is 48.5 Å². The van der Waals surface area contributed by atoms with Gasteiger partial charge in [-0.1, -0.05) is 24.3 Å². The van der Waals surface area contributed by atoms with Crippen LogP contribution in [0.3, 0.4) is 0 Å². The number of para-hydroxylation sites is 2. The Balaban J connectivity index is 1.42. The van der Waals surface area contributed by atoms with E-state index in [2.05, 4.69) is 5.32 Å². The second-order valence-corrected chi connectivity index (χ2v) is 6.21. The van der Waals surface area contributed by atoms with Crippen LogP contribution in [0.2, 0.25) is 0 Å². The van der Waals surface area contributed by atoms with Crippen molar-refractivity contribution in [3.63, 3.8) is 0 Å². The lowest BCUT2D eigenvalue weighted by Crippen LogP contribution is -2.45. The minimum Gasteiger partial charge on any atom is -0.497 e. The van der Waals surface area contributed by atoms with E-state index < -0.39 is 0 Å². The molecule has 1 atom stereocenters. The summed E-state index contributed by atoms with van der Waals surface area (Å²) in [5.74, 6) is 2.29. The largest absolute Gasteiger partial charge is 0.497 e. The van der Waals surface area contributed by atoms with Crippen molar-refractivity contribution in [2.24, 2.45) is 0 Å². The monoisotopic (exact) mass is 356 g/mol. The lowest BCUT2D eigenvalue weighted by molar-refractivity contribution is 0.0716. The van der Waals surface area contributed by atoms with Crippen LogP contribution in [0, 0.1) is 0 Å². The van der Waals surface area contributed by atoms with Crippen LogP contribution in [-0.2, 0) is 6.42 Å². The van der Waals surface area contributed by atoms with Gasteiger partial charge < -0.3 is 24.4 Å². The summed E-state index contributed by atoms with van der Waals surface area (Å²) in [6, 6.07) is 15.3. The van der Waals surface area contributed by atoms with Crippen LogP contribution in [0.4, 0.5) is 4.79 Å². The van der Waals surface area contributed by atoms with Crippen LogP contribution >= 0.6 is 0 Å². The fourth-order valence-corrected chi connectivity index (χ4v) is 2.78. The van der Waals surface area contributed by atoms with Gasteiger partial charge in [-0.2, -0.15) is 0 Å². The Kier molecular flexibility index (Phi) is 5.84. The molecule has 0 saturated heterocycles. The van der Waals surface area contributed by atoms with E-state index in [1.807, 2.05) is 48.5 Å². The number of hydrogen-bond donors (Lipinski definition) is 1. The number of rotatable bonds is 6. The van der Waals surface area contributed by atoms with Crippen molar-refractivity contribution < 1.29 is 19.0 Å². The molecule has 1 aliphatic heterocycles. The number of nitrogens with zero attached hydrogens (tertiary/aromatic N) is 1. The number of urea groups is 1. The smallest absolute Gasteiger partial charge is 0.317 e. The predicted molar refractivity (Wildman–Crippen MR) is 99.1 cm³/mol. The van der Waals surface area contributed by atoms with E-state index in [4.69, 9.17) is 14.2 Å². The second-order valence-electron chi connectivity index (χ2n) is 6.21. The molecule has 0 saturated carbocycles. The zero-order chi connectivity index (χ0) is 18.4. The molecular formula is C20H24N2O4. The third kappa shape index (κ3) is 4.59. The third-order valence-electron chi connectivity index (χ3n) is 4.24. The SMILES string of the molecule is COc1ccc(CCNC(=O)N(C)CC2COc3ccccc3O2)cc1. The van der Waals surface area contributed by atoms with Crippen molar-refractivity contribution in [3.8, 4) is 17.2 Å². The van der Waals surface area contributed by atoms with Gasteiger partial charge >= 0.3 is 6.03 Å². The Morgan fingerprint density at radius 3 is 2.65 bits per heavy atom. The number of methoxy groups -OCH3 is 1. The molecule has 1 unspecified atom stereocenters. The Morgan fingerprint density at radius 2 is 1.92 bits per heavy atom. The van der Waals surface area contributed by atoms with Gasteiger partial charge in [0.05, 0.1) is 13.7 Å². The van der Waals surface area contributed by atoms with Crippen LogP contribution in [0.1, 0.15) is 5.56 Å². The highest BCUT2D eigenvalue weighted by Gasteiger charge is 2.23. The number of benzene rings is 2. The zero-order valence-corrected chi connectivity index (χ0v) is 15.1. The normalized spacial score (nSPS) is 15.2. The predicted octanol–water partition coefficient (Wildman–Crippen LogP) is 2.72. The zero-order valence-electron chi connectivity index (χ0n) is 15.1. The van der Waals surface area contributed by atoms with E-state index >= 15 is 0 Å². The standard InChI is InChI=1S/C20H24N2O4/c1-22(13-17-14-25-18-5-3-4-6-19(18)26-17)20(23)21-12-11-15-7-9-16(24-2)10-8-15/h3-10,17H,11-14H2,1-2H3,(H,21,23). The topological polar surface area (TPSA) is 60.0 Å². The summed E-state index contributed by atoms with van der Waals surface area (Å²) in [4.78, 5) is 13.9. The Morgan fingerprint density at radius 1 is 1.19 bits per heavy atom. The van der Waals surface area contributed by atoms with E-state index in [1.165, 1.54) is 0 Å². The highest BCUT2D eigenvalue weighted by Crippen LogP contribution is 2.30. The van der Waals surface area contributed by atoms with Crippen molar-refractivity contribution in [2.75, 3.05) is 33.9 Å². The molecule has 1 aliphatic rings. The van der Waals surface area contributed by atoms with Crippen LogP contribution in [0.25, 0.3) is 0 Å². The minimum absolute atomic E-state index is 0.124. The van der Waals surface area contributed by atoms with E-state index in [9.17, 15) is 4.79 Å². The molecular weight excluding hydrogens is 332 g/mol. The Hall–Kier alpha value is -2.89. The molecule has 6 nitrogen and oxygen atoms in total. The average molecular weight is 356 g/mol. The van der Waals surface area contributed by atoms with Gasteiger partial charge in [0.2, 0.25) is 0 Å². The molecule has 0 spiro atoms. The first-order valence-corrected chi connectivity index (χ1v) is 8.66. The molecule has 0 fully saturated rings. The van der Waals surface area contributed by atoms with Gasteiger partial charge in [0.15, 0.2) is 17.6 Å². The Labute approximate surface area is 153 Å². The number of nitrogens with one attached hydrogen (secondary N) is 1. The van der Waals surface area contributed by atoms with Crippen molar-refractivity contribution in [1.29, 1.82) is 0 Å². The molecule has 2 aromatic rings. The lowest BCUT2D eigenvalue weighted by atomic mass is 10.1. The van der Waals surface area contributed by atoms with Crippen LogP contribution < -0.4 is 19.5 Å². The summed E-state index contributed by atoms with van der Waals surface area (Å²) in [6.07, 6.45) is 0.585. The molecule has 2 amide bonds. The van der Waals surface area contributed by atoms with Gasteiger partial charge in [-0.05, 0) is 36.2 Å². The van der Waals surface area contributed by atoms with Crippen molar-refractivity contribution in [3.05, 3.63) is 54.1 Å². The maximum absolute atomic E-state index is 12.3. The molecule has 3 rings (SSSR count). The molecule has 0 bridgehead atoms. The summed E-state index contributed by atoms with van der Waals surface area (Å²) in [7, 11) is 3.40. The first-order valence-electron chi connectivity index (χ1n) is 8.66. The van der Waals surface area contributed by atoms with Crippen LogP contribution in [-0.4, -0.2) is 50.9 Å². The van der Waals surface area contributed by atoms with Gasteiger partial charge in [-0.3, -0.25) is 0 Å². The number of fused-ring (bicyclic) bond motifs is 1. The molecule has 0 aliphatic carbocycles. The fraction of sp³-hybridized carbons (Fsp3) is 0.350. The van der Waals surface area contributed by atoms with Gasteiger partial charge in [0, 0.05) is 13.6 Å². The molecule has 0 radical (unpaired) electrons. The van der Waals surface area contributed by atoms with E-state index in [1.54, 1.807) is 19.1 Å². The summed E-state index contributed by atoms with van der Waals surface area (Å²) >= 11 is 0. The highest BCUT2D eigenvalue weighted by atomic mass is 16.6. The number of amides is 2. The fourth-order valence-electron chi connectivity index (χ4n) is 2.78. The highest BCUT2D eigenvalue weighted by molar-refractivity contribution is 5.73. The van der Waals surface area contributed by atoms with Gasteiger partial charge in [-0.25, -0.2) is 4.79 Å². The number of carbonyl (C=O) groups excluding carboxylic acids is 1. The lowest BCUT2D eigenvalue weighted by Gasteiger charge is -2.29. The van der Waals surface area contributed by atoms with Crippen molar-refractivity contribution >= 4 is 6.03 Å². The maximum atomic E-state index is 12.3. The average Bonchev–Trinajstić information content (AvgIpc) is 2.68. The van der Waals surface area contributed by atoms with Crippen molar-refractivity contribution in [2.45, 2.75) is 12.5 Å². The molecule has 26 heavy (non-hydrogen) atoms. The molecule has 138 valence electrons. The first-order chi connectivity index (χ1) is 12.7. The van der Waals surface area contributed by atoms with Gasteiger partial charge in [-0.15, -0.1) is 0 Å². The minimum atomic E-state index is -0.178.